The molecule has 7 aromatic rings. The molecule has 0 saturated heterocycles. The van der Waals surface area contributed by atoms with E-state index in [1.807, 2.05) is 12.1 Å². The number of para-hydroxylation sites is 3. The maximum atomic E-state index is 6.38. The molecule has 6 aromatic carbocycles. The van der Waals surface area contributed by atoms with Gasteiger partial charge in [0.2, 0.25) is 0 Å². The molecule has 0 atom stereocenters. The number of nitrogens with one attached hydrogen (secondary N) is 1. The number of furan rings is 1. The van der Waals surface area contributed by atoms with Crippen LogP contribution >= 0.6 is 0 Å². The van der Waals surface area contributed by atoms with Crippen LogP contribution in [0.25, 0.3) is 55.3 Å². The average Bonchev–Trinajstić information content (AvgIpc) is 3.50. The molecule has 0 radical (unpaired) electrons. The maximum absolute atomic E-state index is 6.38. The van der Waals surface area contributed by atoms with Gasteiger partial charge in [-0.15, -0.1) is 0 Å². The average molecular weight is 528 g/mol. The summed E-state index contributed by atoms with van der Waals surface area (Å²) in [6.45, 7) is 4.67. The molecule has 41 heavy (non-hydrogen) atoms. The summed E-state index contributed by atoms with van der Waals surface area (Å²) in [5.74, 6) is 0. The predicted molar refractivity (Wildman–Crippen MR) is 172 cm³/mol. The van der Waals surface area contributed by atoms with Gasteiger partial charge >= 0.3 is 0 Å². The minimum Gasteiger partial charge on any atom is -0.455 e. The van der Waals surface area contributed by atoms with Crippen molar-refractivity contribution in [1.82, 2.24) is 0 Å². The molecule has 2 nitrogen and oxygen atoms in total. The zero-order valence-electron chi connectivity index (χ0n) is 23.1. The standard InChI is InChI=1S/C39H29NO/c1-39(2)34-22-19-26(25-11-4-3-5-12-25)23-33(34)28-21-20-27(24-35(28)39)40-36-17-8-6-13-29(36)31-15-10-16-32-30-14-7-9-18-37(30)41-38(31)32/h3-24,40H,1-2H3. The van der Waals surface area contributed by atoms with Crippen molar-refractivity contribution in [1.29, 1.82) is 0 Å². The Morgan fingerprint density at radius 2 is 1.27 bits per heavy atom. The third-order valence-electron chi connectivity index (χ3n) is 8.68. The number of benzene rings is 6. The molecule has 1 aliphatic carbocycles. The van der Waals surface area contributed by atoms with Crippen LogP contribution in [-0.2, 0) is 5.41 Å². The SMILES string of the molecule is CC1(C)c2ccc(-c3ccccc3)cc2-c2ccc(Nc3ccccc3-c3cccc4c3oc3ccccc34)cc21. The molecule has 8 rings (SSSR count). The lowest BCUT2D eigenvalue weighted by molar-refractivity contribution is 0.660. The second-order valence-corrected chi connectivity index (χ2v) is 11.5. The Labute approximate surface area is 239 Å². The Hall–Kier alpha value is -5.08. The highest BCUT2D eigenvalue weighted by molar-refractivity contribution is 6.10. The molecule has 0 unspecified atom stereocenters. The lowest BCUT2D eigenvalue weighted by atomic mass is 9.82. The molecule has 1 aliphatic rings. The topological polar surface area (TPSA) is 25.2 Å². The van der Waals surface area contributed by atoms with Gasteiger partial charge in [0.05, 0.1) is 0 Å². The van der Waals surface area contributed by atoms with E-state index in [1.54, 1.807) is 0 Å². The van der Waals surface area contributed by atoms with Crippen molar-refractivity contribution in [3.8, 4) is 33.4 Å². The van der Waals surface area contributed by atoms with Gasteiger partial charge in [-0.3, -0.25) is 0 Å². The second-order valence-electron chi connectivity index (χ2n) is 11.5. The second kappa shape index (κ2) is 8.97. The third kappa shape index (κ3) is 3.72. The summed E-state index contributed by atoms with van der Waals surface area (Å²) in [6.07, 6.45) is 0. The van der Waals surface area contributed by atoms with Gasteiger partial charge in [-0.1, -0.05) is 117 Å². The Kier molecular flexibility index (Phi) is 5.20. The highest BCUT2D eigenvalue weighted by atomic mass is 16.3. The van der Waals surface area contributed by atoms with Gasteiger partial charge in [-0.05, 0) is 63.7 Å². The number of hydrogen-bond acceptors (Lipinski definition) is 2. The van der Waals surface area contributed by atoms with E-state index in [2.05, 4.69) is 140 Å². The molecule has 2 heteroatoms. The molecule has 0 spiro atoms. The van der Waals surface area contributed by atoms with Crippen molar-refractivity contribution in [3.05, 3.63) is 145 Å². The van der Waals surface area contributed by atoms with Gasteiger partial charge in [0.15, 0.2) is 0 Å². The van der Waals surface area contributed by atoms with E-state index in [1.165, 1.54) is 33.4 Å². The van der Waals surface area contributed by atoms with Gasteiger partial charge in [0, 0.05) is 38.7 Å². The minimum absolute atomic E-state index is 0.0863. The Bertz CT molecular complexity index is 2100. The minimum atomic E-state index is -0.0863. The van der Waals surface area contributed by atoms with Gasteiger partial charge in [0.25, 0.3) is 0 Å². The molecule has 0 saturated carbocycles. The van der Waals surface area contributed by atoms with Crippen molar-refractivity contribution < 1.29 is 4.42 Å². The van der Waals surface area contributed by atoms with Crippen LogP contribution in [0.15, 0.2) is 138 Å². The van der Waals surface area contributed by atoms with E-state index in [-0.39, 0.29) is 5.41 Å². The van der Waals surface area contributed by atoms with Crippen molar-refractivity contribution in [3.63, 3.8) is 0 Å². The van der Waals surface area contributed by atoms with E-state index < -0.39 is 0 Å². The summed E-state index contributed by atoms with van der Waals surface area (Å²) in [6, 6.07) is 47.5. The van der Waals surface area contributed by atoms with Crippen LogP contribution in [0.3, 0.4) is 0 Å². The largest absolute Gasteiger partial charge is 0.455 e. The quantitative estimate of drug-likeness (QED) is 0.246. The van der Waals surface area contributed by atoms with Crippen LogP contribution in [0.4, 0.5) is 11.4 Å². The maximum Gasteiger partial charge on any atom is 0.143 e. The summed E-state index contributed by atoms with van der Waals surface area (Å²) in [5, 5.41) is 6.04. The fraction of sp³-hybridized carbons (Fsp3) is 0.0769. The predicted octanol–water partition coefficient (Wildman–Crippen LogP) is 11.0. The van der Waals surface area contributed by atoms with Crippen LogP contribution in [-0.4, -0.2) is 0 Å². The van der Waals surface area contributed by atoms with E-state index in [0.29, 0.717) is 0 Å². The van der Waals surface area contributed by atoms with Crippen LogP contribution in [0.2, 0.25) is 0 Å². The first kappa shape index (κ1) is 23.8. The molecule has 0 amide bonds. The summed E-state index contributed by atoms with van der Waals surface area (Å²) >= 11 is 0. The molecule has 1 N–H and O–H groups in total. The number of anilines is 2. The molecule has 1 heterocycles. The first-order valence-electron chi connectivity index (χ1n) is 14.2. The lowest BCUT2D eigenvalue weighted by Crippen LogP contribution is -2.15. The monoisotopic (exact) mass is 527 g/mol. The van der Waals surface area contributed by atoms with E-state index >= 15 is 0 Å². The summed E-state index contributed by atoms with van der Waals surface area (Å²) in [7, 11) is 0. The van der Waals surface area contributed by atoms with E-state index in [4.69, 9.17) is 4.42 Å². The Balaban J connectivity index is 1.20. The molecule has 196 valence electrons. The smallest absolute Gasteiger partial charge is 0.143 e. The number of fused-ring (bicyclic) bond motifs is 6. The van der Waals surface area contributed by atoms with Crippen molar-refractivity contribution in [2.24, 2.45) is 0 Å². The molecule has 0 fully saturated rings. The fourth-order valence-corrected chi connectivity index (χ4v) is 6.58. The van der Waals surface area contributed by atoms with Crippen molar-refractivity contribution in [2.75, 3.05) is 5.32 Å². The van der Waals surface area contributed by atoms with Crippen LogP contribution in [0.1, 0.15) is 25.0 Å². The summed E-state index contributed by atoms with van der Waals surface area (Å²) in [4.78, 5) is 0. The first-order chi connectivity index (χ1) is 20.1. The zero-order valence-corrected chi connectivity index (χ0v) is 23.1. The van der Waals surface area contributed by atoms with E-state index in [9.17, 15) is 0 Å². The van der Waals surface area contributed by atoms with Crippen molar-refractivity contribution >= 4 is 33.3 Å². The highest BCUT2D eigenvalue weighted by Gasteiger charge is 2.35. The fourth-order valence-electron chi connectivity index (χ4n) is 6.58. The van der Waals surface area contributed by atoms with E-state index in [0.717, 1.165) is 44.4 Å². The van der Waals surface area contributed by atoms with Gasteiger partial charge in [0.1, 0.15) is 11.2 Å². The first-order valence-corrected chi connectivity index (χ1v) is 14.2. The molecule has 1 aromatic heterocycles. The van der Waals surface area contributed by atoms with Crippen LogP contribution < -0.4 is 5.32 Å². The summed E-state index contributed by atoms with van der Waals surface area (Å²) < 4.78 is 6.38. The third-order valence-corrected chi connectivity index (χ3v) is 8.68. The molecular formula is C39H29NO. The molecule has 0 bridgehead atoms. The van der Waals surface area contributed by atoms with Gasteiger partial charge in [-0.2, -0.15) is 0 Å². The highest BCUT2D eigenvalue weighted by Crippen LogP contribution is 2.50. The summed E-state index contributed by atoms with van der Waals surface area (Å²) in [5.41, 5.74) is 14.0. The normalized spacial score (nSPS) is 13.3. The van der Waals surface area contributed by atoms with Gasteiger partial charge in [-0.25, -0.2) is 0 Å². The number of rotatable bonds is 4. The van der Waals surface area contributed by atoms with Crippen LogP contribution in [0, 0.1) is 0 Å². The number of hydrogen-bond donors (Lipinski definition) is 1. The molecule has 0 aliphatic heterocycles. The van der Waals surface area contributed by atoms with Crippen LogP contribution in [0.5, 0.6) is 0 Å². The zero-order chi connectivity index (χ0) is 27.6. The van der Waals surface area contributed by atoms with Crippen molar-refractivity contribution in [2.45, 2.75) is 19.3 Å². The van der Waals surface area contributed by atoms with Gasteiger partial charge < -0.3 is 9.73 Å². The lowest BCUT2D eigenvalue weighted by Gasteiger charge is -2.22. The molecular weight excluding hydrogens is 498 g/mol. The Morgan fingerprint density at radius 3 is 2.17 bits per heavy atom. The Morgan fingerprint density at radius 1 is 0.512 bits per heavy atom.